The van der Waals surface area contributed by atoms with E-state index in [9.17, 15) is 0 Å². The molecule has 274 valence electrons. The third-order valence-corrected chi connectivity index (χ3v) is 11.5. The number of rotatable bonds is 5. The Morgan fingerprint density at radius 3 is 1.41 bits per heavy atom. The zero-order valence-corrected chi connectivity index (χ0v) is 31.7. The fourth-order valence-corrected chi connectivity index (χ4v) is 8.68. The van der Waals surface area contributed by atoms with Crippen LogP contribution in [-0.4, -0.2) is 19.9 Å². The van der Waals surface area contributed by atoms with Crippen molar-refractivity contribution in [2.24, 2.45) is 0 Å². The van der Waals surface area contributed by atoms with Crippen molar-refractivity contribution < 1.29 is 4.42 Å². The van der Waals surface area contributed by atoms with Crippen molar-refractivity contribution in [1.29, 1.82) is 0 Å². The van der Waals surface area contributed by atoms with Gasteiger partial charge in [0.05, 0.1) is 16.6 Å². The number of aromatic nitrogens is 4. The van der Waals surface area contributed by atoms with Crippen LogP contribution in [0.2, 0.25) is 0 Å². The van der Waals surface area contributed by atoms with Crippen molar-refractivity contribution in [3.8, 4) is 56.5 Å². The summed E-state index contributed by atoms with van der Waals surface area (Å²) in [5.41, 5.74) is 9.25. The van der Waals surface area contributed by atoms with Crippen LogP contribution in [0.15, 0.2) is 199 Å². The van der Waals surface area contributed by atoms with Gasteiger partial charge < -0.3 is 4.42 Å². The van der Waals surface area contributed by atoms with Gasteiger partial charge in [-0.25, -0.2) is 19.9 Å². The summed E-state index contributed by atoms with van der Waals surface area (Å²) in [6.45, 7) is 0. The first-order chi connectivity index (χ1) is 29.2. The molecule has 3 aromatic heterocycles. The second-order valence-electron chi connectivity index (χ2n) is 15.0. The summed E-state index contributed by atoms with van der Waals surface area (Å²) in [5, 5.41) is 10.5. The van der Waals surface area contributed by atoms with E-state index in [0.29, 0.717) is 17.5 Å². The number of benzene rings is 9. The summed E-state index contributed by atoms with van der Waals surface area (Å²) >= 11 is 0. The lowest BCUT2D eigenvalue weighted by Crippen LogP contribution is -2.00. The first kappa shape index (κ1) is 33.2. The van der Waals surface area contributed by atoms with Gasteiger partial charge in [-0.1, -0.05) is 164 Å². The lowest BCUT2D eigenvalue weighted by atomic mass is 9.91. The minimum atomic E-state index is 0.592. The van der Waals surface area contributed by atoms with Crippen LogP contribution in [0, 0.1) is 0 Å². The average molecular weight is 753 g/mol. The highest BCUT2D eigenvalue weighted by molar-refractivity contribution is 6.26. The average Bonchev–Trinajstić information content (AvgIpc) is 3.72. The molecule has 0 bridgehead atoms. The predicted molar refractivity (Wildman–Crippen MR) is 242 cm³/mol. The monoisotopic (exact) mass is 752 g/mol. The Morgan fingerprint density at radius 1 is 0.288 bits per heavy atom. The molecule has 0 amide bonds. The Hall–Kier alpha value is -8.02. The zero-order chi connectivity index (χ0) is 38.9. The number of hydrogen-bond acceptors (Lipinski definition) is 5. The molecule has 0 atom stereocenters. The highest BCUT2D eigenvalue weighted by atomic mass is 16.3. The van der Waals surface area contributed by atoms with Crippen LogP contribution in [0.3, 0.4) is 0 Å². The molecule has 0 radical (unpaired) electrons. The maximum atomic E-state index is 6.77. The molecular weight excluding hydrogens is 721 g/mol. The second kappa shape index (κ2) is 13.3. The quantitative estimate of drug-likeness (QED) is 0.164. The Labute approximate surface area is 338 Å². The first-order valence-corrected chi connectivity index (χ1v) is 19.8. The molecule has 0 saturated heterocycles. The van der Waals surface area contributed by atoms with Gasteiger partial charge in [0.1, 0.15) is 11.2 Å². The fraction of sp³-hybridized carbons (Fsp3) is 0. The van der Waals surface area contributed by atoms with Crippen molar-refractivity contribution in [2.45, 2.75) is 0 Å². The van der Waals surface area contributed by atoms with Crippen LogP contribution in [0.25, 0.3) is 122 Å². The molecule has 0 aliphatic rings. The van der Waals surface area contributed by atoms with Gasteiger partial charge in [0.25, 0.3) is 0 Å². The van der Waals surface area contributed by atoms with E-state index >= 15 is 0 Å². The summed E-state index contributed by atoms with van der Waals surface area (Å²) in [6.07, 6.45) is 0. The maximum absolute atomic E-state index is 6.77. The van der Waals surface area contributed by atoms with E-state index in [-0.39, 0.29) is 0 Å². The Kier molecular flexibility index (Phi) is 7.47. The number of nitrogens with zero attached hydrogens (tertiary/aromatic N) is 4. The molecule has 9 aromatic carbocycles. The Bertz CT molecular complexity index is 3520. The van der Waals surface area contributed by atoms with Gasteiger partial charge in [0.15, 0.2) is 17.5 Å². The van der Waals surface area contributed by atoms with Crippen molar-refractivity contribution >= 4 is 65.2 Å². The summed E-state index contributed by atoms with van der Waals surface area (Å²) < 4.78 is 6.77. The van der Waals surface area contributed by atoms with Gasteiger partial charge in [-0.05, 0) is 73.8 Å². The van der Waals surface area contributed by atoms with Crippen molar-refractivity contribution in [2.75, 3.05) is 0 Å². The molecule has 0 aliphatic carbocycles. The number of hydrogen-bond donors (Lipinski definition) is 0. The molecule has 3 heterocycles. The van der Waals surface area contributed by atoms with Gasteiger partial charge in [-0.3, -0.25) is 0 Å². The second-order valence-corrected chi connectivity index (χ2v) is 15.0. The number of fused-ring (bicyclic) bond motifs is 11. The Morgan fingerprint density at radius 2 is 0.763 bits per heavy atom. The summed E-state index contributed by atoms with van der Waals surface area (Å²) in [6, 6.07) is 67.5. The largest absolute Gasteiger partial charge is 0.455 e. The standard InChI is InChI=1S/C54H32N4O/c1-3-14-33(15-4-1)52-56-53(34-16-5-2-6-17-34)58-54(57-52)38-19-13-18-37(30-38)50-49-44-24-11-12-25-48(44)59-51(49)46-32-36(27-29-47(46)55-50)35-26-28-43-41-22-8-7-20-39(41)40-21-9-10-23-42(40)45(43)31-35/h1-32H. The van der Waals surface area contributed by atoms with E-state index in [1.807, 2.05) is 72.8 Å². The molecule has 0 N–H and O–H groups in total. The highest BCUT2D eigenvalue weighted by Gasteiger charge is 2.20. The van der Waals surface area contributed by atoms with Crippen LogP contribution < -0.4 is 0 Å². The number of furan rings is 1. The van der Waals surface area contributed by atoms with E-state index in [1.165, 1.54) is 32.3 Å². The lowest BCUT2D eigenvalue weighted by molar-refractivity contribution is 0.672. The maximum Gasteiger partial charge on any atom is 0.164 e. The molecule has 5 heteroatoms. The predicted octanol–water partition coefficient (Wildman–Crippen LogP) is 14.1. The number of para-hydroxylation sites is 1. The fourth-order valence-electron chi connectivity index (χ4n) is 8.68. The molecule has 0 saturated carbocycles. The molecule has 0 aliphatic heterocycles. The van der Waals surface area contributed by atoms with Gasteiger partial charge >= 0.3 is 0 Å². The van der Waals surface area contributed by atoms with Crippen molar-refractivity contribution in [1.82, 2.24) is 19.9 Å². The molecule has 12 rings (SSSR count). The first-order valence-electron chi connectivity index (χ1n) is 19.8. The third kappa shape index (κ3) is 5.47. The van der Waals surface area contributed by atoms with Crippen molar-refractivity contribution in [3.05, 3.63) is 194 Å². The Balaban J connectivity index is 1.03. The smallest absolute Gasteiger partial charge is 0.164 e. The van der Waals surface area contributed by atoms with Crippen LogP contribution >= 0.6 is 0 Å². The van der Waals surface area contributed by atoms with Crippen LogP contribution in [0.4, 0.5) is 0 Å². The summed E-state index contributed by atoms with van der Waals surface area (Å²) in [7, 11) is 0. The van der Waals surface area contributed by atoms with Crippen LogP contribution in [-0.2, 0) is 0 Å². The molecule has 59 heavy (non-hydrogen) atoms. The van der Waals surface area contributed by atoms with Gasteiger partial charge in [-0.15, -0.1) is 0 Å². The number of pyridine rings is 1. The van der Waals surface area contributed by atoms with Crippen molar-refractivity contribution in [3.63, 3.8) is 0 Å². The van der Waals surface area contributed by atoms with E-state index in [2.05, 4.69) is 121 Å². The minimum Gasteiger partial charge on any atom is -0.455 e. The normalized spacial score (nSPS) is 11.7. The topological polar surface area (TPSA) is 64.7 Å². The van der Waals surface area contributed by atoms with Crippen LogP contribution in [0.1, 0.15) is 0 Å². The molecule has 12 aromatic rings. The third-order valence-electron chi connectivity index (χ3n) is 11.5. The molecule has 5 nitrogen and oxygen atoms in total. The summed E-state index contributed by atoms with van der Waals surface area (Å²) in [4.78, 5) is 20.3. The zero-order valence-electron chi connectivity index (χ0n) is 31.7. The highest BCUT2D eigenvalue weighted by Crippen LogP contribution is 2.42. The van der Waals surface area contributed by atoms with Crippen LogP contribution in [0.5, 0.6) is 0 Å². The molecule has 0 unspecified atom stereocenters. The van der Waals surface area contributed by atoms with E-state index in [4.69, 9.17) is 24.4 Å². The van der Waals surface area contributed by atoms with Gasteiger partial charge in [-0.2, -0.15) is 0 Å². The molecule has 0 fully saturated rings. The summed E-state index contributed by atoms with van der Waals surface area (Å²) in [5.74, 6) is 1.83. The molecule has 0 spiro atoms. The lowest BCUT2D eigenvalue weighted by Gasteiger charge is -2.13. The molecular formula is C54H32N4O. The SMILES string of the molecule is c1ccc(-c2nc(-c3ccccc3)nc(-c3cccc(-c4nc5ccc(-c6ccc7c8ccccc8c8ccccc8c7c6)cc5c5oc6ccccc6c45)c3)n2)cc1. The van der Waals surface area contributed by atoms with Gasteiger partial charge in [0.2, 0.25) is 0 Å². The minimum absolute atomic E-state index is 0.592. The van der Waals surface area contributed by atoms with E-state index in [0.717, 1.165) is 71.9 Å². The van der Waals surface area contributed by atoms with E-state index in [1.54, 1.807) is 0 Å². The van der Waals surface area contributed by atoms with E-state index < -0.39 is 0 Å². The van der Waals surface area contributed by atoms with Gasteiger partial charge in [0, 0.05) is 33.0 Å².